The van der Waals surface area contributed by atoms with Crippen LogP contribution >= 0.6 is 15.9 Å². The molecule has 23 heavy (non-hydrogen) atoms. The molecule has 2 rings (SSSR count). The highest BCUT2D eigenvalue weighted by atomic mass is 79.9. The smallest absolute Gasteiger partial charge is 0.416 e. The van der Waals surface area contributed by atoms with Gasteiger partial charge in [-0.25, -0.2) is 4.79 Å². The van der Waals surface area contributed by atoms with Crippen molar-refractivity contribution < 1.29 is 24.2 Å². The lowest BCUT2D eigenvalue weighted by atomic mass is 9.72. The maximum atomic E-state index is 12.1. The summed E-state index contributed by atoms with van der Waals surface area (Å²) in [6, 6.07) is 6.85. The molecule has 7 nitrogen and oxygen atoms in total. The molecule has 0 spiro atoms. The van der Waals surface area contributed by atoms with Gasteiger partial charge in [0.2, 0.25) is 0 Å². The maximum Gasteiger partial charge on any atom is 0.416 e. The van der Waals surface area contributed by atoms with Crippen molar-refractivity contribution in [3.63, 3.8) is 0 Å². The van der Waals surface area contributed by atoms with Crippen molar-refractivity contribution in [2.24, 2.45) is 5.92 Å². The third kappa shape index (κ3) is 2.46. The monoisotopic (exact) mass is 382 g/mol. The fourth-order valence-corrected chi connectivity index (χ4v) is 3.20. The molecule has 1 amide bonds. The van der Waals surface area contributed by atoms with Crippen LogP contribution in [0.5, 0.6) is 0 Å². The number of ether oxygens (including phenoxy) is 2. The molecular formula is C15H15BrN2O5. The van der Waals surface area contributed by atoms with E-state index in [1.54, 1.807) is 18.2 Å². The van der Waals surface area contributed by atoms with E-state index >= 15 is 0 Å². The summed E-state index contributed by atoms with van der Waals surface area (Å²) in [6.07, 6.45) is -2.25. The van der Waals surface area contributed by atoms with Gasteiger partial charge in [-0.1, -0.05) is 22.0 Å². The first-order valence-electron chi connectivity index (χ1n) is 6.65. The Kier molecular flexibility index (Phi) is 4.63. The molecule has 0 bridgehead atoms. The molecule has 1 aliphatic rings. The lowest BCUT2D eigenvalue weighted by Crippen LogP contribution is -2.51. The van der Waals surface area contributed by atoms with Crippen LogP contribution < -0.4 is 4.90 Å². The second-order valence-electron chi connectivity index (χ2n) is 5.24. The minimum absolute atomic E-state index is 0.366. The van der Waals surface area contributed by atoms with Crippen LogP contribution in [0.2, 0.25) is 0 Å². The number of anilines is 1. The molecule has 1 aromatic rings. The largest absolute Gasteiger partial charge is 0.468 e. The van der Waals surface area contributed by atoms with Crippen molar-refractivity contribution >= 4 is 33.7 Å². The van der Waals surface area contributed by atoms with E-state index in [2.05, 4.69) is 20.7 Å². The molecule has 0 saturated heterocycles. The number of hydrogen-bond acceptors (Lipinski definition) is 6. The average Bonchev–Trinajstić information content (AvgIpc) is 2.75. The van der Waals surface area contributed by atoms with Crippen molar-refractivity contribution in [2.45, 2.75) is 18.6 Å². The van der Waals surface area contributed by atoms with E-state index in [4.69, 9.17) is 4.74 Å². The third-order valence-electron chi connectivity index (χ3n) is 4.12. The van der Waals surface area contributed by atoms with E-state index in [1.807, 2.05) is 6.07 Å². The van der Waals surface area contributed by atoms with Gasteiger partial charge in [0, 0.05) is 4.47 Å². The Morgan fingerprint density at radius 1 is 1.43 bits per heavy atom. The van der Waals surface area contributed by atoms with Gasteiger partial charge in [-0.15, -0.1) is 0 Å². The Morgan fingerprint density at radius 3 is 2.61 bits per heavy atom. The van der Waals surface area contributed by atoms with Crippen molar-refractivity contribution in [3.8, 4) is 6.07 Å². The van der Waals surface area contributed by atoms with Crippen LogP contribution in [-0.2, 0) is 19.7 Å². The summed E-state index contributed by atoms with van der Waals surface area (Å²) in [5.41, 5.74) is -0.507. The number of esters is 1. The summed E-state index contributed by atoms with van der Waals surface area (Å²) in [5, 5.41) is 20.1. The first-order valence-corrected chi connectivity index (χ1v) is 7.44. The van der Waals surface area contributed by atoms with Crippen LogP contribution in [0, 0.1) is 17.2 Å². The number of rotatable bonds is 2. The molecule has 0 aliphatic carbocycles. The third-order valence-corrected chi connectivity index (χ3v) is 4.61. The molecule has 1 aliphatic heterocycles. The summed E-state index contributed by atoms with van der Waals surface area (Å²) >= 11 is 3.30. The highest BCUT2D eigenvalue weighted by molar-refractivity contribution is 9.10. The van der Waals surface area contributed by atoms with Gasteiger partial charge in [0.25, 0.3) is 0 Å². The first kappa shape index (κ1) is 17.2. The summed E-state index contributed by atoms with van der Waals surface area (Å²) in [7, 11) is 2.35. The zero-order chi connectivity index (χ0) is 17.4. The number of nitrogens with zero attached hydrogens (tertiary/aromatic N) is 2. The lowest BCUT2D eigenvalue weighted by molar-refractivity contribution is -0.147. The van der Waals surface area contributed by atoms with Gasteiger partial charge in [0.1, 0.15) is 6.23 Å². The Bertz CT molecular complexity index is 702. The summed E-state index contributed by atoms with van der Waals surface area (Å²) in [6.45, 7) is 1.54. The van der Waals surface area contributed by atoms with Crippen LogP contribution in [0.3, 0.4) is 0 Å². The molecule has 0 fully saturated rings. The number of aliphatic hydroxyl groups is 1. The highest BCUT2D eigenvalue weighted by Gasteiger charge is 2.57. The second-order valence-corrected chi connectivity index (χ2v) is 6.16. The molecule has 0 radical (unpaired) electrons. The fourth-order valence-electron chi connectivity index (χ4n) is 2.85. The summed E-state index contributed by atoms with van der Waals surface area (Å²) < 4.78 is 10.1. The van der Waals surface area contributed by atoms with Crippen LogP contribution in [0.15, 0.2) is 22.7 Å². The van der Waals surface area contributed by atoms with Crippen LogP contribution in [0.4, 0.5) is 10.5 Å². The maximum absolute atomic E-state index is 12.1. The number of fused-ring (bicyclic) bond motifs is 1. The van der Waals surface area contributed by atoms with E-state index in [0.29, 0.717) is 15.7 Å². The molecule has 0 unspecified atom stereocenters. The molecule has 1 heterocycles. The average molecular weight is 383 g/mol. The van der Waals surface area contributed by atoms with E-state index in [-0.39, 0.29) is 0 Å². The Morgan fingerprint density at radius 2 is 2.09 bits per heavy atom. The Hall–Kier alpha value is -2.11. The molecular weight excluding hydrogens is 368 g/mol. The van der Waals surface area contributed by atoms with Gasteiger partial charge in [0.05, 0.1) is 31.4 Å². The number of aliphatic hydroxyl groups excluding tert-OH is 1. The van der Waals surface area contributed by atoms with Crippen molar-refractivity contribution in [2.75, 3.05) is 19.1 Å². The van der Waals surface area contributed by atoms with Crippen LogP contribution in [-0.4, -0.2) is 37.6 Å². The van der Waals surface area contributed by atoms with Gasteiger partial charge >= 0.3 is 12.1 Å². The van der Waals surface area contributed by atoms with E-state index in [1.165, 1.54) is 14.0 Å². The normalized spacial score (nSPS) is 23.7. The topological polar surface area (TPSA) is 99.9 Å². The van der Waals surface area contributed by atoms with Crippen molar-refractivity contribution in [1.82, 2.24) is 0 Å². The second kappa shape index (κ2) is 6.18. The molecule has 0 aromatic heterocycles. The minimum atomic E-state index is -1.46. The van der Waals surface area contributed by atoms with Crippen molar-refractivity contribution in [1.29, 1.82) is 5.26 Å². The molecule has 3 atom stereocenters. The number of halogens is 1. The van der Waals surface area contributed by atoms with Crippen molar-refractivity contribution in [3.05, 3.63) is 28.2 Å². The zero-order valence-corrected chi connectivity index (χ0v) is 14.3. The minimum Gasteiger partial charge on any atom is -0.468 e. The van der Waals surface area contributed by atoms with E-state index in [0.717, 1.165) is 12.0 Å². The number of hydrogen-bond donors (Lipinski definition) is 1. The number of carbonyl (C=O) groups excluding carboxylic acids is 2. The lowest BCUT2D eigenvalue weighted by Gasteiger charge is -2.33. The number of carbonyl (C=O) groups is 2. The predicted molar refractivity (Wildman–Crippen MR) is 83.5 cm³/mol. The first-order chi connectivity index (χ1) is 10.8. The molecule has 122 valence electrons. The van der Waals surface area contributed by atoms with Gasteiger partial charge in [-0.3, -0.25) is 9.69 Å². The number of nitriles is 1. The Labute approximate surface area is 141 Å². The van der Waals surface area contributed by atoms with Gasteiger partial charge in [-0.05, 0) is 24.6 Å². The SMILES string of the molecule is COC(=O)[C@H](C#N)[C@@]1(C)c2ccc(Br)cc2N(C(=O)OC)[C@@H]1O. The molecule has 0 saturated carbocycles. The Balaban J connectivity index is 2.69. The number of methoxy groups -OCH3 is 2. The molecule has 1 N–H and O–H groups in total. The standard InChI is InChI=1S/C15H15BrN2O5/c1-15(10(7-17)12(19)22-2)9-5-4-8(16)6-11(9)18(13(15)20)14(21)23-3/h4-6,10,13,20H,1-3H3/t10-,13+,15+/m0/s1. The van der Waals surface area contributed by atoms with Gasteiger partial charge in [-0.2, -0.15) is 5.26 Å². The van der Waals surface area contributed by atoms with Crippen LogP contribution in [0.25, 0.3) is 0 Å². The highest BCUT2D eigenvalue weighted by Crippen LogP contribution is 2.49. The molecule has 8 heteroatoms. The summed E-state index contributed by atoms with van der Waals surface area (Å²) in [5.74, 6) is -2.08. The number of benzene rings is 1. The number of amides is 1. The van der Waals surface area contributed by atoms with E-state index in [9.17, 15) is 20.0 Å². The van der Waals surface area contributed by atoms with E-state index < -0.39 is 29.6 Å². The fraction of sp³-hybridized carbons (Fsp3) is 0.400. The predicted octanol–water partition coefficient (Wildman–Crippen LogP) is 1.92. The zero-order valence-electron chi connectivity index (χ0n) is 12.7. The summed E-state index contributed by atoms with van der Waals surface area (Å²) in [4.78, 5) is 25.1. The van der Waals surface area contributed by atoms with Gasteiger partial charge < -0.3 is 14.6 Å². The quantitative estimate of drug-likeness (QED) is 0.784. The van der Waals surface area contributed by atoms with Gasteiger partial charge in [0.15, 0.2) is 5.92 Å². The van der Waals surface area contributed by atoms with Crippen LogP contribution in [0.1, 0.15) is 12.5 Å². The molecule has 1 aromatic carbocycles.